The number of hydrogen-bond donors (Lipinski definition) is 2. The molecule has 1 saturated carbocycles. The summed E-state index contributed by atoms with van der Waals surface area (Å²) in [5.74, 6) is 1.53. The lowest BCUT2D eigenvalue weighted by molar-refractivity contribution is -0.140. The van der Waals surface area contributed by atoms with Gasteiger partial charge in [-0.3, -0.25) is 4.99 Å². The average Bonchev–Trinajstić information content (AvgIpc) is 2.99. The van der Waals surface area contributed by atoms with Crippen LogP contribution in [0.2, 0.25) is 0 Å². The van der Waals surface area contributed by atoms with Gasteiger partial charge in [0, 0.05) is 30.9 Å². The van der Waals surface area contributed by atoms with Gasteiger partial charge in [0.15, 0.2) is 11.7 Å². The molecule has 8 heteroatoms. The zero-order chi connectivity index (χ0) is 17.6. The molecule has 0 amide bonds. The Hall–Kier alpha value is -1.31. The van der Waals surface area contributed by atoms with E-state index in [0.29, 0.717) is 24.0 Å². The molecule has 136 valence electrons. The zero-order valence-electron chi connectivity index (χ0n) is 14.1. The summed E-state index contributed by atoms with van der Waals surface area (Å²) in [7, 11) is 0. The molecule has 0 bridgehead atoms. The smallest absolute Gasteiger partial charge is 0.357 e. The lowest BCUT2D eigenvalue weighted by atomic mass is 9.87. The Morgan fingerprint density at radius 1 is 1.33 bits per heavy atom. The molecule has 24 heavy (non-hydrogen) atoms. The summed E-state index contributed by atoms with van der Waals surface area (Å²) >= 11 is 1.04. The van der Waals surface area contributed by atoms with Crippen molar-refractivity contribution >= 4 is 17.3 Å². The average molecular weight is 362 g/mol. The summed E-state index contributed by atoms with van der Waals surface area (Å²) in [5.41, 5.74) is -0.812. The first kappa shape index (κ1) is 19.0. The molecule has 0 spiro atoms. The van der Waals surface area contributed by atoms with Crippen LogP contribution in [0.5, 0.6) is 0 Å². The number of alkyl halides is 3. The van der Waals surface area contributed by atoms with Gasteiger partial charge in [0.05, 0.1) is 5.01 Å². The fourth-order valence-electron chi connectivity index (χ4n) is 2.74. The minimum absolute atomic E-state index is 0.416. The van der Waals surface area contributed by atoms with Crippen molar-refractivity contribution in [2.75, 3.05) is 13.1 Å². The van der Waals surface area contributed by atoms with Crippen molar-refractivity contribution in [3.63, 3.8) is 0 Å². The van der Waals surface area contributed by atoms with Crippen molar-refractivity contribution in [3.05, 3.63) is 16.1 Å². The summed E-state index contributed by atoms with van der Waals surface area (Å²) in [4.78, 5) is 8.10. The van der Waals surface area contributed by atoms with Crippen molar-refractivity contribution in [2.45, 2.75) is 58.2 Å². The summed E-state index contributed by atoms with van der Waals surface area (Å²) in [6, 6.07) is 0.427. The third-order valence-electron chi connectivity index (χ3n) is 4.14. The SMILES string of the molecule is CCNC(=NCCc1nc(C(F)(F)F)cs1)NC1CCC(C)CC1. The van der Waals surface area contributed by atoms with Crippen LogP contribution in [0.3, 0.4) is 0 Å². The molecule has 0 atom stereocenters. The van der Waals surface area contributed by atoms with E-state index >= 15 is 0 Å². The molecule has 0 radical (unpaired) electrons. The van der Waals surface area contributed by atoms with E-state index in [4.69, 9.17) is 0 Å². The van der Waals surface area contributed by atoms with E-state index in [1.165, 1.54) is 12.8 Å². The Labute approximate surface area is 145 Å². The van der Waals surface area contributed by atoms with Crippen LogP contribution >= 0.6 is 11.3 Å². The quantitative estimate of drug-likeness (QED) is 0.618. The van der Waals surface area contributed by atoms with Crippen molar-refractivity contribution in [2.24, 2.45) is 10.9 Å². The van der Waals surface area contributed by atoms with Gasteiger partial charge in [-0.15, -0.1) is 11.3 Å². The second-order valence-electron chi connectivity index (χ2n) is 6.24. The molecular formula is C16H25F3N4S. The molecule has 0 aliphatic heterocycles. The Balaban J connectivity index is 1.85. The summed E-state index contributed by atoms with van der Waals surface area (Å²) in [5, 5.41) is 8.16. The number of halogens is 3. The van der Waals surface area contributed by atoms with Crippen LogP contribution in [-0.4, -0.2) is 30.1 Å². The summed E-state index contributed by atoms with van der Waals surface area (Å²) in [6.45, 7) is 5.45. The van der Waals surface area contributed by atoms with Gasteiger partial charge < -0.3 is 10.6 Å². The first-order valence-corrected chi connectivity index (χ1v) is 9.33. The highest BCUT2D eigenvalue weighted by Crippen LogP contribution is 2.30. The normalized spacial score (nSPS) is 22.5. The van der Waals surface area contributed by atoms with Crippen LogP contribution in [0.4, 0.5) is 13.2 Å². The van der Waals surface area contributed by atoms with E-state index in [1.54, 1.807) is 0 Å². The predicted octanol–water partition coefficient (Wildman–Crippen LogP) is 3.84. The number of nitrogens with zero attached hydrogens (tertiary/aromatic N) is 2. The molecule has 1 aromatic heterocycles. The van der Waals surface area contributed by atoms with Crippen molar-refractivity contribution < 1.29 is 13.2 Å². The van der Waals surface area contributed by atoms with Crippen LogP contribution in [0.1, 0.15) is 50.2 Å². The fourth-order valence-corrected chi connectivity index (χ4v) is 3.53. The first-order valence-electron chi connectivity index (χ1n) is 8.45. The van der Waals surface area contributed by atoms with E-state index in [-0.39, 0.29) is 0 Å². The molecule has 2 N–H and O–H groups in total. The molecule has 0 unspecified atom stereocenters. The van der Waals surface area contributed by atoms with Gasteiger partial charge in [-0.25, -0.2) is 4.98 Å². The van der Waals surface area contributed by atoms with Crippen LogP contribution in [-0.2, 0) is 12.6 Å². The Morgan fingerprint density at radius 2 is 2.04 bits per heavy atom. The summed E-state index contributed by atoms with van der Waals surface area (Å²) < 4.78 is 37.6. The molecule has 1 aliphatic carbocycles. The highest BCUT2D eigenvalue weighted by atomic mass is 32.1. The van der Waals surface area contributed by atoms with Gasteiger partial charge in [0.1, 0.15) is 0 Å². The van der Waals surface area contributed by atoms with E-state index in [2.05, 4.69) is 27.5 Å². The largest absolute Gasteiger partial charge is 0.434 e. The maximum Gasteiger partial charge on any atom is 0.434 e. The first-order chi connectivity index (χ1) is 11.4. The standard InChI is InChI=1S/C16H25F3N4S/c1-3-20-15(22-12-6-4-11(2)5-7-12)21-9-8-14-23-13(10-24-14)16(17,18)19/h10-12H,3-9H2,1-2H3,(H2,20,21,22). The lowest BCUT2D eigenvalue weighted by Gasteiger charge is -2.28. The second kappa shape index (κ2) is 8.69. The third-order valence-corrected chi connectivity index (χ3v) is 5.05. The monoisotopic (exact) mass is 362 g/mol. The van der Waals surface area contributed by atoms with Gasteiger partial charge in [-0.1, -0.05) is 6.92 Å². The predicted molar refractivity (Wildman–Crippen MR) is 91.4 cm³/mol. The van der Waals surface area contributed by atoms with Crippen LogP contribution in [0, 0.1) is 5.92 Å². The van der Waals surface area contributed by atoms with Crippen LogP contribution in [0.25, 0.3) is 0 Å². The van der Waals surface area contributed by atoms with Crippen molar-refractivity contribution in [3.8, 4) is 0 Å². The zero-order valence-corrected chi connectivity index (χ0v) is 14.9. The minimum Gasteiger partial charge on any atom is -0.357 e. The van der Waals surface area contributed by atoms with E-state index in [1.807, 2.05) is 6.92 Å². The highest BCUT2D eigenvalue weighted by Gasteiger charge is 2.33. The van der Waals surface area contributed by atoms with Gasteiger partial charge in [0.25, 0.3) is 0 Å². The van der Waals surface area contributed by atoms with Crippen molar-refractivity contribution in [1.82, 2.24) is 15.6 Å². The molecule has 4 nitrogen and oxygen atoms in total. The number of hydrogen-bond acceptors (Lipinski definition) is 3. The molecular weight excluding hydrogens is 337 g/mol. The third kappa shape index (κ3) is 5.96. The number of aliphatic imine (C=N–C) groups is 1. The van der Waals surface area contributed by atoms with Crippen LogP contribution in [0.15, 0.2) is 10.4 Å². The highest BCUT2D eigenvalue weighted by molar-refractivity contribution is 7.09. The van der Waals surface area contributed by atoms with Gasteiger partial charge >= 0.3 is 6.18 Å². The van der Waals surface area contributed by atoms with Gasteiger partial charge in [0.2, 0.25) is 0 Å². The van der Waals surface area contributed by atoms with E-state index in [9.17, 15) is 13.2 Å². The van der Waals surface area contributed by atoms with Gasteiger partial charge in [-0.05, 0) is 38.5 Å². The molecule has 1 aromatic rings. The maximum absolute atomic E-state index is 12.5. The van der Waals surface area contributed by atoms with Gasteiger partial charge in [-0.2, -0.15) is 13.2 Å². The molecule has 2 rings (SSSR count). The van der Waals surface area contributed by atoms with E-state index in [0.717, 1.165) is 48.0 Å². The molecule has 0 saturated heterocycles. The number of rotatable bonds is 5. The number of nitrogens with one attached hydrogen (secondary N) is 2. The van der Waals surface area contributed by atoms with Crippen LogP contribution < -0.4 is 10.6 Å². The topological polar surface area (TPSA) is 49.3 Å². The number of guanidine groups is 1. The Kier molecular flexibility index (Phi) is 6.89. The minimum atomic E-state index is -4.37. The van der Waals surface area contributed by atoms with E-state index < -0.39 is 11.9 Å². The lowest BCUT2D eigenvalue weighted by Crippen LogP contribution is -2.44. The maximum atomic E-state index is 12.5. The Bertz CT molecular complexity index is 534. The number of thiazole rings is 1. The van der Waals surface area contributed by atoms with Crippen molar-refractivity contribution in [1.29, 1.82) is 0 Å². The molecule has 1 heterocycles. The summed E-state index contributed by atoms with van der Waals surface area (Å²) in [6.07, 6.45) is 0.748. The second-order valence-corrected chi connectivity index (χ2v) is 7.18. The molecule has 1 fully saturated rings. The molecule has 1 aliphatic rings. The number of aromatic nitrogens is 1. The molecule has 0 aromatic carbocycles. The fraction of sp³-hybridized carbons (Fsp3) is 0.750. The Morgan fingerprint density at radius 3 is 2.62 bits per heavy atom.